The van der Waals surface area contributed by atoms with Crippen molar-refractivity contribution < 1.29 is 9.47 Å². The second-order valence-electron chi connectivity index (χ2n) is 2.86. The number of fused-ring (bicyclic) bond motifs is 1. The first-order valence-electron chi connectivity index (χ1n) is 4.15. The number of H-pyrrole nitrogens is 1. The molecule has 1 N–H and O–H groups in total. The molecule has 0 aliphatic carbocycles. The van der Waals surface area contributed by atoms with E-state index in [1.54, 1.807) is 20.4 Å². The number of benzene rings is 1. The molecule has 2 rings (SSSR count). The SMILES string of the molecule is COc1ccc2c(Cl)c[nH]c2c1OC. The predicted octanol–water partition coefficient (Wildman–Crippen LogP) is 2.84. The standard InChI is InChI=1S/C10H10ClNO2/c1-13-8-4-3-6-7(11)5-12-9(6)10(8)14-2/h3-5,12H,1-2H3. The number of aromatic nitrogens is 1. The van der Waals surface area contributed by atoms with Crippen LogP contribution in [0.4, 0.5) is 0 Å². The summed E-state index contributed by atoms with van der Waals surface area (Å²) in [6.45, 7) is 0. The fourth-order valence-electron chi connectivity index (χ4n) is 1.48. The monoisotopic (exact) mass is 211 g/mol. The molecule has 0 bridgehead atoms. The van der Waals surface area contributed by atoms with Crippen molar-refractivity contribution in [3.05, 3.63) is 23.4 Å². The first-order chi connectivity index (χ1) is 6.77. The maximum absolute atomic E-state index is 5.97. The Bertz CT molecular complexity index is 464. The summed E-state index contributed by atoms with van der Waals surface area (Å²) in [5, 5.41) is 1.62. The molecule has 14 heavy (non-hydrogen) atoms. The molecule has 0 unspecified atom stereocenters. The minimum Gasteiger partial charge on any atom is -0.493 e. The number of rotatable bonds is 2. The third-order valence-electron chi connectivity index (χ3n) is 2.15. The molecule has 3 nitrogen and oxygen atoms in total. The molecular weight excluding hydrogens is 202 g/mol. The Morgan fingerprint density at radius 2 is 2.00 bits per heavy atom. The highest BCUT2D eigenvalue weighted by molar-refractivity contribution is 6.35. The van der Waals surface area contributed by atoms with Gasteiger partial charge < -0.3 is 14.5 Å². The second kappa shape index (κ2) is 3.42. The van der Waals surface area contributed by atoms with Crippen LogP contribution in [0.5, 0.6) is 11.5 Å². The van der Waals surface area contributed by atoms with Crippen LogP contribution in [0.1, 0.15) is 0 Å². The summed E-state index contributed by atoms with van der Waals surface area (Å²) in [6, 6.07) is 3.73. The second-order valence-corrected chi connectivity index (χ2v) is 3.27. The lowest BCUT2D eigenvalue weighted by molar-refractivity contribution is 0.358. The molecule has 2 aromatic rings. The average molecular weight is 212 g/mol. The van der Waals surface area contributed by atoms with Crippen LogP contribution in [0.15, 0.2) is 18.3 Å². The molecule has 1 heterocycles. The molecule has 0 saturated carbocycles. The molecule has 4 heteroatoms. The van der Waals surface area contributed by atoms with E-state index in [1.807, 2.05) is 12.1 Å². The van der Waals surface area contributed by atoms with Crippen molar-refractivity contribution in [3.8, 4) is 11.5 Å². The largest absolute Gasteiger partial charge is 0.493 e. The van der Waals surface area contributed by atoms with Crippen molar-refractivity contribution in [1.29, 1.82) is 0 Å². The zero-order valence-electron chi connectivity index (χ0n) is 7.93. The third-order valence-corrected chi connectivity index (χ3v) is 2.46. The zero-order chi connectivity index (χ0) is 10.1. The van der Waals surface area contributed by atoms with Gasteiger partial charge in [-0.05, 0) is 12.1 Å². The quantitative estimate of drug-likeness (QED) is 0.829. The number of halogens is 1. The van der Waals surface area contributed by atoms with Crippen molar-refractivity contribution in [3.63, 3.8) is 0 Å². The molecule has 0 saturated heterocycles. The first-order valence-corrected chi connectivity index (χ1v) is 4.53. The van der Waals surface area contributed by atoms with E-state index in [9.17, 15) is 0 Å². The zero-order valence-corrected chi connectivity index (χ0v) is 8.68. The molecular formula is C10H10ClNO2. The molecule has 0 atom stereocenters. The lowest BCUT2D eigenvalue weighted by atomic mass is 10.2. The summed E-state index contributed by atoms with van der Waals surface area (Å²) in [5.41, 5.74) is 0.858. The van der Waals surface area contributed by atoms with Crippen molar-refractivity contribution in [1.82, 2.24) is 4.98 Å². The average Bonchev–Trinajstić information content (AvgIpc) is 2.59. The number of hydrogen-bond acceptors (Lipinski definition) is 2. The Labute approximate surface area is 86.6 Å². The number of methoxy groups -OCH3 is 2. The van der Waals surface area contributed by atoms with Gasteiger partial charge >= 0.3 is 0 Å². The summed E-state index contributed by atoms with van der Waals surface area (Å²) in [4.78, 5) is 3.05. The van der Waals surface area contributed by atoms with E-state index in [-0.39, 0.29) is 0 Å². The highest BCUT2D eigenvalue weighted by Gasteiger charge is 2.11. The molecule has 1 aromatic carbocycles. The van der Waals surface area contributed by atoms with E-state index in [0.717, 1.165) is 10.9 Å². The van der Waals surface area contributed by atoms with E-state index < -0.39 is 0 Å². The van der Waals surface area contributed by atoms with E-state index >= 15 is 0 Å². The minimum absolute atomic E-state index is 0.678. The van der Waals surface area contributed by atoms with Gasteiger partial charge in [0, 0.05) is 11.6 Å². The third kappa shape index (κ3) is 1.21. The summed E-state index contributed by atoms with van der Waals surface area (Å²) in [5.74, 6) is 1.37. The Kier molecular flexibility index (Phi) is 2.25. The van der Waals surface area contributed by atoms with Gasteiger partial charge in [0.25, 0.3) is 0 Å². The minimum atomic E-state index is 0.678. The molecule has 0 amide bonds. The summed E-state index contributed by atoms with van der Waals surface area (Å²) in [7, 11) is 3.21. The Balaban J connectivity index is 2.77. The lowest BCUT2D eigenvalue weighted by Crippen LogP contribution is -1.90. The molecule has 0 fully saturated rings. The normalized spacial score (nSPS) is 10.5. The van der Waals surface area contributed by atoms with Gasteiger partial charge in [-0.2, -0.15) is 0 Å². The number of nitrogens with one attached hydrogen (secondary N) is 1. The van der Waals surface area contributed by atoms with E-state index in [4.69, 9.17) is 21.1 Å². The fourth-order valence-corrected chi connectivity index (χ4v) is 1.69. The van der Waals surface area contributed by atoms with Crippen LogP contribution in [0.2, 0.25) is 5.02 Å². The molecule has 0 aliphatic rings. The Morgan fingerprint density at radius 3 is 2.64 bits per heavy atom. The van der Waals surface area contributed by atoms with E-state index in [0.29, 0.717) is 16.5 Å². The Hall–Kier alpha value is -1.35. The molecule has 0 radical (unpaired) electrons. The van der Waals surface area contributed by atoms with Crippen LogP contribution in [-0.4, -0.2) is 19.2 Å². The number of hydrogen-bond donors (Lipinski definition) is 1. The summed E-state index contributed by atoms with van der Waals surface area (Å²) >= 11 is 5.97. The van der Waals surface area contributed by atoms with Crippen molar-refractivity contribution in [2.75, 3.05) is 14.2 Å². The predicted molar refractivity (Wildman–Crippen MR) is 56.4 cm³/mol. The molecule has 1 aromatic heterocycles. The summed E-state index contributed by atoms with van der Waals surface area (Å²) in [6.07, 6.45) is 1.73. The topological polar surface area (TPSA) is 34.2 Å². The van der Waals surface area contributed by atoms with Crippen LogP contribution in [0, 0.1) is 0 Å². The number of aromatic amines is 1. The van der Waals surface area contributed by atoms with E-state index in [1.165, 1.54) is 0 Å². The van der Waals surface area contributed by atoms with Gasteiger partial charge in [0.05, 0.1) is 24.8 Å². The van der Waals surface area contributed by atoms with Crippen molar-refractivity contribution >= 4 is 22.5 Å². The highest BCUT2D eigenvalue weighted by Crippen LogP contribution is 2.37. The maximum atomic E-state index is 5.97. The molecule has 0 spiro atoms. The van der Waals surface area contributed by atoms with Crippen LogP contribution in [0.25, 0.3) is 10.9 Å². The summed E-state index contributed by atoms with van der Waals surface area (Å²) < 4.78 is 10.4. The van der Waals surface area contributed by atoms with Gasteiger partial charge in [-0.15, -0.1) is 0 Å². The van der Waals surface area contributed by atoms with E-state index in [2.05, 4.69) is 4.98 Å². The van der Waals surface area contributed by atoms with Crippen molar-refractivity contribution in [2.24, 2.45) is 0 Å². The van der Waals surface area contributed by atoms with Crippen molar-refractivity contribution in [2.45, 2.75) is 0 Å². The van der Waals surface area contributed by atoms with Crippen LogP contribution < -0.4 is 9.47 Å². The Morgan fingerprint density at radius 1 is 1.21 bits per heavy atom. The van der Waals surface area contributed by atoms with Gasteiger partial charge in [-0.1, -0.05) is 11.6 Å². The van der Waals surface area contributed by atoms with Gasteiger partial charge in [0.15, 0.2) is 11.5 Å². The highest BCUT2D eigenvalue weighted by atomic mass is 35.5. The van der Waals surface area contributed by atoms with Crippen LogP contribution in [0.3, 0.4) is 0 Å². The van der Waals surface area contributed by atoms with Gasteiger partial charge in [-0.25, -0.2) is 0 Å². The maximum Gasteiger partial charge on any atom is 0.184 e. The van der Waals surface area contributed by atoms with Gasteiger partial charge in [-0.3, -0.25) is 0 Å². The van der Waals surface area contributed by atoms with Crippen LogP contribution in [-0.2, 0) is 0 Å². The molecule has 0 aliphatic heterocycles. The van der Waals surface area contributed by atoms with Gasteiger partial charge in [0.2, 0.25) is 0 Å². The fraction of sp³-hybridized carbons (Fsp3) is 0.200. The number of ether oxygens (including phenoxy) is 2. The first kappa shape index (κ1) is 9.21. The lowest BCUT2D eigenvalue weighted by Gasteiger charge is -2.07. The molecule has 74 valence electrons. The smallest absolute Gasteiger partial charge is 0.184 e. The van der Waals surface area contributed by atoms with Crippen LogP contribution >= 0.6 is 11.6 Å². The van der Waals surface area contributed by atoms with Gasteiger partial charge in [0.1, 0.15) is 0 Å².